The lowest BCUT2D eigenvalue weighted by Gasteiger charge is -2.28. The van der Waals surface area contributed by atoms with Crippen LogP contribution in [0.15, 0.2) is 0 Å². The van der Waals surface area contributed by atoms with E-state index in [4.69, 9.17) is 0 Å². The van der Waals surface area contributed by atoms with Crippen molar-refractivity contribution in [3.05, 3.63) is 6.42 Å². The van der Waals surface area contributed by atoms with Crippen LogP contribution in [0.3, 0.4) is 0 Å². The lowest BCUT2D eigenvalue weighted by molar-refractivity contribution is 0.307. The van der Waals surface area contributed by atoms with Gasteiger partial charge in [-0.3, -0.25) is 0 Å². The van der Waals surface area contributed by atoms with Crippen molar-refractivity contribution in [1.82, 2.24) is 0 Å². The summed E-state index contributed by atoms with van der Waals surface area (Å²) >= 11 is 0. The van der Waals surface area contributed by atoms with Gasteiger partial charge in [0.25, 0.3) is 0 Å². The molecule has 0 rings (SSSR count). The van der Waals surface area contributed by atoms with Gasteiger partial charge in [-0.05, 0) is 36.5 Å². The van der Waals surface area contributed by atoms with E-state index in [1.807, 2.05) is 0 Å². The smallest absolute Gasteiger partial charge is 0.0321 e. The van der Waals surface area contributed by atoms with E-state index < -0.39 is 0 Å². The summed E-state index contributed by atoms with van der Waals surface area (Å²) in [6.07, 6.45) is 10.7. The molecule has 0 aromatic carbocycles. The van der Waals surface area contributed by atoms with Crippen LogP contribution < -0.4 is 0 Å². The van der Waals surface area contributed by atoms with Gasteiger partial charge < -0.3 is 0 Å². The Morgan fingerprint density at radius 2 is 1.75 bits per heavy atom. The fourth-order valence-corrected chi connectivity index (χ4v) is 2.60. The summed E-state index contributed by atoms with van der Waals surface area (Å²) in [4.78, 5) is 0. The average Bonchev–Trinajstić information content (AvgIpc) is 2.16. The second-order valence-corrected chi connectivity index (χ2v) is 6.44. The number of hydrogen-bond acceptors (Lipinski definition) is 0. The van der Waals surface area contributed by atoms with Crippen LogP contribution in [0.1, 0.15) is 80.1 Å². The van der Waals surface area contributed by atoms with E-state index in [2.05, 4.69) is 48.0 Å². The van der Waals surface area contributed by atoms with Crippen LogP contribution in [-0.4, -0.2) is 0 Å². The van der Waals surface area contributed by atoms with Crippen LogP contribution in [0.4, 0.5) is 0 Å². The Morgan fingerprint density at radius 3 is 2.19 bits per heavy atom. The first-order valence-electron chi connectivity index (χ1n) is 7.25. The second-order valence-electron chi connectivity index (χ2n) is 6.44. The summed E-state index contributed by atoms with van der Waals surface area (Å²) in [7, 11) is 0. The van der Waals surface area contributed by atoms with Crippen molar-refractivity contribution in [3.63, 3.8) is 0 Å². The van der Waals surface area contributed by atoms with Gasteiger partial charge in [-0.1, -0.05) is 67.2 Å². The van der Waals surface area contributed by atoms with Crippen molar-refractivity contribution in [2.45, 2.75) is 80.1 Å². The number of hydrogen-bond donors (Lipinski definition) is 0. The topological polar surface area (TPSA) is 0 Å². The highest BCUT2D eigenvalue weighted by molar-refractivity contribution is 4.87. The highest BCUT2D eigenvalue weighted by Gasteiger charge is 2.21. The molecule has 0 bridgehead atoms. The normalized spacial score (nSPS) is 14.4. The molecule has 0 N–H and O–H groups in total. The summed E-state index contributed by atoms with van der Waals surface area (Å²) in [5.74, 6) is 1.73. The Kier molecular flexibility index (Phi) is 8.14. The highest BCUT2D eigenvalue weighted by atomic mass is 14.3. The molecule has 0 amide bonds. The Bertz CT molecular complexity index is 155. The maximum atomic E-state index is 2.58. The highest BCUT2D eigenvalue weighted by Crippen LogP contribution is 2.32. The van der Waals surface area contributed by atoms with E-state index in [0.29, 0.717) is 5.41 Å². The first-order valence-corrected chi connectivity index (χ1v) is 7.25. The summed E-state index contributed by atoms with van der Waals surface area (Å²) in [6.45, 7) is 14.1. The largest absolute Gasteiger partial charge is 0.0654 e. The van der Waals surface area contributed by atoms with Crippen molar-refractivity contribution in [3.8, 4) is 0 Å². The van der Waals surface area contributed by atoms with Crippen molar-refractivity contribution in [2.75, 3.05) is 0 Å². The van der Waals surface area contributed by atoms with E-state index in [-0.39, 0.29) is 0 Å². The van der Waals surface area contributed by atoms with E-state index in [0.717, 1.165) is 11.8 Å². The van der Waals surface area contributed by atoms with Crippen LogP contribution in [0.25, 0.3) is 0 Å². The molecule has 0 aliphatic heterocycles. The summed E-state index contributed by atoms with van der Waals surface area (Å²) in [5, 5.41) is 0. The maximum Gasteiger partial charge on any atom is -0.0321 e. The molecule has 0 heteroatoms. The SMILES string of the molecule is CCCCC(CC)C[CH]C(C)(C)CC(C)C. The van der Waals surface area contributed by atoms with Crippen molar-refractivity contribution in [2.24, 2.45) is 17.3 Å². The second kappa shape index (κ2) is 8.14. The zero-order valence-corrected chi connectivity index (χ0v) is 12.5. The predicted molar refractivity (Wildman–Crippen MR) is 75.5 cm³/mol. The molecule has 0 heterocycles. The van der Waals surface area contributed by atoms with Gasteiger partial charge in [0.15, 0.2) is 0 Å². The van der Waals surface area contributed by atoms with Gasteiger partial charge in [-0.2, -0.15) is 0 Å². The molecule has 0 spiro atoms. The fourth-order valence-electron chi connectivity index (χ4n) is 2.60. The molecule has 0 saturated carbocycles. The summed E-state index contributed by atoms with van der Waals surface area (Å²) < 4.78 is 0. The van der Waals surface area contributed by atoms with E-state index in [9.17, 15) is 0 Å². The molecule has 1 atom stereocenters. The molecule has 0 aliphatic rings. The van der Waals surface area contributed by atoms with Gasteiger partial charge in [0.2, 0.25) is 0 Å². The minimum atomic E-state index is 0.424. The van der Waals surface area contributed by atoms with Crippen molar-refractivity contribution < 1.29 is 0 Å². The monoisotopic (exact) mass is 225 g/mol. The third-order valence-corrected chi connectivity index (χ3v) is 3.48. The zero-order chi connectivity index (χ0) is 12.6. The Balaban J connectivity index is 3.89. The van der Waals surface area contributed by atoms with Gasteiger partial charge in [0.05, 0.1) is 0 Å². The minimum Gasteiger partial charge on any atom is -0.0654 e. The van der Waals surface area contributed by atoms with E-state index in [1.165, 1.54) is 38.5 Å². The van der Waals surface area contributed by atoms with Gasteiger partial charge >= 0.3 is 0 Å². The third kappa shape index (κ3) is 8.19. The molecule has 0 aromatic rings. The Hall–Kier alpha value is 0. The molecule has 0 fully saturated rings. The van der Waals surface area contributed by atoms with Gasteiger partial charge in [-0.25, -0.2) is 0 Å². The molecule has 0 aliphatic carbocycles. The lowest BCUT2D eigenvalue weighted by atomic mass is 9.77. The van der Waals surface area contributed by atoms with Crippen LogP contribution in [0.5, 0.6) is 0 Å². The van der Waals surface area contributed by atoms with Crippen LogP contribution >= 0.6 is 0 Å². The minimum absolute atomic E-state index is 0.424. The Labute approximate surface area is 104 Å². The molecule has 1 radical (unpaired) electrons. The summed E-state index contributed by atoms with van der Waals surface area (Å²) in [6, 6.07) is 0. The molecule has 0 nitrogen and oxygen atoms in total. The fraction of sp³-hybridized carbons (Fsp3) is 0.938. The van der Waals surface area contributed by atoms with Crippen LogP contribution in [0.2, 0.25) is 0 Å². The quantitative estimate of drug-likeness (QED) is 0.460. The van der Waals surface area contributed by atoms with E-state index in [1.54, 1.807) is 0 Å². The molecule has 97 valence electrons. The molecule has 16 heavy (non-hydrogen) atoms. The van der Waals surface area contributed by atoms with Gasteiger partial charge in [-0.15, -0.1) is 0 Å². The standard InChI is InChI=1S/C16H33/c1-7-9-10-15(8-2)11-12-16(5,6)13-14(3)4/h12,14-15H,7-11,13H2,1-6H3. The first-order chi connectivity index (χ1) is 7.41. The summed E-state index contributed by atoms with van der Waals surface area (Å²) in [5.41, 5.74) is 0.424. The molecule has 0 saturated heterocycles. The third-order valence-electron chi connectivity index (χ3n) is 3.48. The first kappa shape index (κ1) is 16.0. The maximum absolute atomic E-state index is 2.58. The zero-order valence-electron chi connectivity index (χ0n) is 12.5. The van der Waals surface area contributed by atoms with Crippen LogP contribution in [0, 0.1) is 23.7 Å². The number of unbranched alkanes of at least 4 members (excludes halogenated alkanes) is 1. The van der Waals surface area contributed by atoms with Crippen molar-refractivity contribution in [1.29, 1.82) is 0 Å². The lowest BCUT2D eigenvalue weighted by Crippen LogP contribution is -2.17. The molecule has 1 unspecified atom stereocenters. The number of rotatable bonds is 9. The molecular formula is C16H33. The van der Waals surface area contributed by atoms with Crippen LogP contribution in [-0.2, 0) is 0 Å². The molecular weight excluding hydrogens is 192 g/mol. The Morgan fingerprint density at radius 1 is 1.12 bits per heavy atom. The average molecular weight is 225 g/mol. The van der Waals surface area contributed by atoms with E-state index >= 15 is 0 Å². The van der Waals surface area contributed by atoms with Crippen molar-refractivity contribution >= 4 is 0 Å². The van der Waals surface area contributed by atoms with Gasteiger partial charge in [0.1, 0.15) is 0 Å². The molecule has 0 aromatic heterocycles. The van der Waals surface area contributed by atoms with Gasteiger partial charge in [0, 0.05) is 0 Å². The predicted octanol–water partition coefficient (Wildman–Crippen LogP) is 5.87.